The lowest BCUT2D eigenvalue weighted by Gasteiger charge is -2.20. The van der Waals surface area contributed by atoms with Crippen LogP contribution >= 0.6 is 0 Å². The molecule has 0 spiro atoms. The van der Waals surface area contributed by atoms with E-state index in [1.165, 1.54) is 12.1 Å². The van der Waals surface area contributed by atoms with E-state index < -0.39 is 15.8 Å². The van der Waals surface area contributed by atoms with E-state index in [-0.39, 0.29) is 10.9 Å². The average molecular weight is 321 g/mol. The molecule has 22 heavy (non-hydrogen) atoms. The zero-order chi connectivity index (χ0) is 16.3. The summed E-state index contributed by atoms with van der Waals surface area (Å²) in [5.41, 5.74) is 2.38. The molecule has 3 nitrogen and oxygen atoms in total. The minimum Gasteiger partial charge on any atom is -0.207 e. The number of benzene rings is 2. The molecule has 2 rings (SSSR count). The van der Waals surface area contributed by atoms with Crippen molar-refractivity contribution in [2.45, 2.75) is 38.1 Å². The fourth-order valence-corrected chi connectivity index (χ4v) is 4.03. The largest absolute Gasteiger partial charge is 0.241 e. The van der Waals surface area contributed by atoms with Crippen LogP contribution in [0.15, 0.2) is 47.4 Å². The van der Waals surface area contributed by atoms with Crippen LogP contribution < -0.4 is 4.72 Å². The maximum atomic E-state index is 13.2. The van der Waals surface area contributed by atoms with Crippen LogP contribution in [-0.4, -0.2) is 8.42 Å². The van der Waals surface area contributed by atoms with Crippen LogP contribution in [0.25, 0.3) is 0 Å². The van der Waals surface area contributed by atoms with Crippen LogP contribution in [0.4, 0.5) is 4.39 Å². The van der Waals surface area contributed by atoms with Gasteiger partial charge in [-0.2, -0.15) is 0 Å². The molecule has 2 aromatic carbocycles. The van der Waals surface area contributed by atoms with E-state index in [0.29, 0.717) is 12.0 Å². The predicted octanol–water partition coefficient (Wildman–Crippen LogP) is 3.87. The Kier molecular flexibility index (Phi) is 4.98. The Hall–Kier alpha value is -1.72. The summed E-state index contributed by atoms with van der Waals surface area (Å²) in [6.45, 7) is 5.47. The molecule has 0 aromatic heterocycles. The molecule has 0 radical (unpaired) electrons. The van der Waals surface area contributed by atoms with Gasteiger partial charge in [-0.05, 0) is 55.2 Å². The number of hydrogen-bond acceptors (Lipinski definition) is 2. The lowest BCUT2D eigenvalue weighted by atomic mass is 10.0. The number of rotatable bonds is 5. The molecular formula is C17H20FNO2S. The second-order valence-corrected chi connectivity index (χ2v) is 7.03. The van der Waals surface area contributed by atoms with Crippen LogP contribution in [-0.2, 0) is 10.0 Å². The number of nitrogens with one attached hydrogen (secondary N) is 1. The topological polar surface area (TPSA) is 46.2 Å². The lowest BCUT2D eigenvalue weighted by molar-refractivity contribution is 0.548. The Labute approximate surface area is 131 Å². The highest BCUT2D eigenvalue weighted by molar-refractivity contribution is 7.89. The molecule has 1 N–H and O–H groups in total. The van der Waals surface area contributed by atoms with E-state index in [9.17, 15) is 12.8 Å². The first kappa shape index (κ1) is 16.6. The van der Waals surface area contributed by atoms with Crippen molar-refractivity contribution in [2.24, 2.45) is 0 Å². The van der Waals surface area contributed by atoms with Crippen molar-refractivity contribution in [3.05, 3.63) is 65.0 Å². The molecule has 0 fully saturated rings. The Balaban J connectivity index is 2.36. The van der Waals surface area contributed by atoms with Gasteiger partial charge in [0.15, 0.2) is 0 Å². The van der Waals surface area contributed by atoms with Gasteiger partial charge in [0.2, 0.25) is 10.0 Å². The fourth-order valence-electron chi connectivity index (χ4n) is 2.51. The van der Waals surface area contributed by atoms with Gasteiger partial charge in [0, 0.05) is 6.04 Å². The lowest BCUT2D eigenvalue weighted by Crippen LogP contribution is -2.29. The highest BCUT2D eigenvalue weighted by Crippen LogP contribution is 2.24. The normalized spacial score (nSPS) is 13.1. The number of sulfonamides is 1. The van der Waals surface area contributed by atoms with Gasteiger partial charge in [-0.1, -0.05) is 31.2 Å². The minimum absolute atomic E-state index is 0.112. The molecular weight excluding hydrogens is 301 g/mol. The third-order valence-corrected chi connectivity index (χ3v) is 5.33. The molecule has 0 aliphatic heterocycles. The summed E-state index contributed by atoms with van der Waals surface area (Å²) >= 11 is 0. The van der Waals surface area contributed by atoms with E-state index in [4.69, 9.17) is 0 Å². The maximum Gasteiger partial charge on any atom is 0.241 e. The van der Waals surface area contributed by atoms with Gasteiger partial charge in [0.1, 0.15) is 5.82 Å². The Bertz CT molecular complexity index is 772. The molecule has 0 heterocycles. The van der Waals surface area contributed by atoms with E-state index in [1.807, 2.05) is 38.1 Å². The summed E-state index contributed by atoms with van der Waals surface area (Å²) < 4.78 is 41.1. The van der Waals surface area contributed by atoms with Crippen LogP contribution in [0.2, 0.25) is 0 Å². The van der Waals surface area contributed by atoms with Crippen molar-refractivity contribution in [1.82, 2.24) is 4.72 Å². The molecule has 0 aliphatic carbocycles. The number of aryl methyl sites for hydroxylation is 2. The maximum absolute atomic E-state index is 13.2. The van der Waals surface area contributed by atoms with Crippen molar-refractivity contribution in [3.8, 4) is 0 Å². The highest BCUT2D eigenvalue weighted by Gasteiger charge is 2.22. The zero-order valence-corrected chi connectivity index (χ0v) is 13.7. The molecule has 0 amide bonds. The van der Waals surface area contributed by atoms with Gasteiger partial charge in [-0.25, -0.2) is 17.5 Å². The first-order valence-corrected chi connectivity index (χ1v) is 8.67. The molecule has 0 unspecified atom stereocenters. The molecule has 0 aliphatic rings. The van der Waals surface area contributed by atoms with Crippen molar-refractivity contribution in [2.75, 3.05) is 0 Å². The van der Waals surface area contributed by atoms with Crippen LogP contribution in [0.1, 0.15) is 36.1 Å². The van der Waals surface area contributed by atoms with Gasteiger partial charge in [-0.3, -0.25) is 0 Å². The fraction of sp³-hybridized carbons (Fsp3) is 0.294. The first-order valence-electron chi connectivity index (χ1n) is 7.19. The summed E-state index contributed by atoms with van der Waals surface area (Å²) in [5.74, 6) is -0.442. The minimum atomic E-state index is -3.70. The van der Waals surface area contributed by atoms with Gasteiger partial charge in [0.05, 0.1) is 4.90 Å². The molecule has 1 atom stereocenters. The van der Waals surface area contributed by atoms with Crippen molar-refractivity contribution in [3.63, 3.8) is 0 Å². The molecule has 0 saturated carbocycles. The summed E-state index contributed by atoms with van der Waals surface area (Å²) in [4.78, 5) is 0.112. The molecule has 118 valence electrons. The van der Waals surface area contributed by atoms with Crippen molar-refractivity contribution in [1.29, 1.82) is 0 Å². The Morgan fingerprint density at radius 3 is 2.36 bits per heavy atom. The molecule has 2 aromatic rings. The van der Waals surface area contributed by atoms with E-state index in [2.05, 4.69) is 4.72 Å². The number of halogens is 1. The molecule has 5 heteroatoms. The van der Waals surface area contributed by atoms with Gasteiger partial charge >= 0.3 is 0 Å². The van der Waals surface area contributed by atoms with Crippen molar-refractivity contribution >= 4 is 10.0 Å². The van der Waals surface area contributed by atoms with Crippen LogP contribution in [0, 0.1) is 19.7 Å². The van der Waals surface area contributed by atoms with Gasteiger partial charge in [0.25, 0.3) is 0 Å². The quantitative estimate of drug-likeness (QED) is 0.908. The van der Waals surface area contributed by atoms with Gasteiger partial charge in [-0.15, -0.1) is 0 Å². The van der Waals surface area contributed by atoms with Crippen LogP contribution in [0.3, 0.4) is 0 Å². The second kappa shape index (κ2) is 6.58. The summed E-state index contributed by atoms with van der Waals surface area (Å²) in [6.07, 6.45) is 0.629. The van der Waals surface area contributed by atoms with Gasteiger partial charge < -0.3 is 0 Å². The van der Waals surface area contributed by atoms with E-state index in [1.54, 1.807) is 6.92 Å². The monoisotopic (exact) mass is 321 g/mol. The Morgan fingerprint density at radius 1 is 1.09 bits per heavy atom. The van der Waals surface area contributed by atoms with E-state index >= 15 is 0 Å². The SMILES string of the molecule is CC[C@@H](NS(=O)(=O)c1ccc(F)cc1C)c1ccccc1C. The van der Waals surface area contributed by atoms with Crippen molar-refractivity contribution < 1.29 is 12.8 Å². The third-order valence-electron chi connectivity index (χ3n) is 3.70. The first-order chi connectivity index (χ1) is 10.3. The smallest absolute Gasteiger partial charge is 0.207 e. The third kappa shape index (κ3) is 3.54. The van der Waals surface area contributed by atoms with E-state index in [0.717, 1.165) is 17.2 Å². The molecule has 0 bridgehead atoms. The predicted molar refractivity (Wildman–Crippen MR) is 85.7 cm³/mol. The molecule has 0 saturated heterocycles. The summed E-state index contributed by atoms with van der Waals surface area (Å²) in [6, 6.07) is 11.1. The summed E-state index contributed by atoms with van der Waals surface area (Å²) in [5, 5.41) is 0. The Morgan fingerprint density at radius 2 is 1.77 bits per heavy atom. The average Bonchev–Trinajstić information content (AvgIpc) is 2.45. The summed E-state index contributed by atoms with van der Waals surface area (Å²) in [7, 11) is -3.70. The standard InChI is InChI=1S/C17H20FNO2S/c1-4-16(15-8-6-5-7-12(15)2)19-22(20,21)17-10-9-14(18)11-13(17)3/h5-11,16,19H,4H2,1-3H3/t16-/m1/s1. The zero-order valence-electron chi connectivity index (χ0n) is 12.9. The number of hydrogen-bond donors (Lipinski definition) is 1. The highest BCUT2D eigenvalue weighted by atomic mass is 32.2. The van der Waals surface area contributed by atoms with Crippen LogP contribution in [0.5, 0.6) is 0 Å². The second-order valence-electron chi connectivity index (χ2n) is 5.35.